The Morgan fingerprint density at radius 2 is 2.24 bits per heavy atom. The number of aryl methyl sites for hydroxylation is 1. The minimum absolute atomic E-state index is 0.00685. The van der Waals surface area contributed by atoms with Crippen molar-refractivity contribution in [1.82, 2.24) is 0 Å². The second-order valence-electron chi connectivity index (χ2n) is 4.79. The van der Waals surface area contributed by atoms with Crippen LogP contribution in [0.4, 0.5) is 0 Å². The van der Waals surface area contributed by atoms with Gasteiger partial charge in [-0.3, -0.25) is 9.59 Å². The highest BCUT2D eigenvalue weighted by Crippen LogP contribution is 2.45. The molecule has 1 aromatic rings. The Morgan fingerprint density at radius 3 is 2.76 bits per heavy atom. The van der Waals surface area contributed by atoms with Crippen molar-refractivity contribution in [2.75, 3.05) is 0 Å². The van der Waals surface area contributed by atoms with Crippen molar-refractivity contribution in [1.29, 1.82) is 0 Å². The lowest BCUT2D eigenvalue weighted by Gasteiger charge is -2.17. The van der Waals surface area contributed by atoms with Gasteiger partial charge in [-0.15, -0.1) is 0 Å². The number of hydrogen-bond donors (Lipinski definition) is 1. The van der Waals surface area contributed by atoms with E-state index in [0.29, 0.717) is 11.5 Å². The Bertz CT molecular complexity index is 447. The molecule has 1 saturated carbocycles. The van der Waals surface area contributed by atoms with E-state index >= 15 is 0 Å². The van der Waals surface area contributed by atoms with Crippen LogP contribution in [0.5, 0.6) is 0 Å². The van der Waals surface area contributed by atoms with Gasteiger partial charge in [-0.05, 0) is 37.2 Å². The summed E-state index contributed by atoms with van der Waals surface area (Å²) in [7, 11) is 0. The van der Waals surface area contributed by atoms with Crippen molar-refractivity contribution in [3.63, 3.8) is 0 Å². The average Bonchev–Trinajstić information content (AvgIpc) is 3.09. The molecule has 1 N–H and O–H groups in total. The normalized spacial score (nSPS) is 16.5. The number of benzene rings is 1. The highest BCUT2D eigenvalue weighted by molar-refractivity contribution is 5.78. The summed E-state index contributed by atoms with van der Waals surface area (Å²) in [5.74, 6) is -0.362. The first kappa shape index (κ1) is 11.8. The second kappa shape index (κ2) is 4.70. The van der Waals surface area contributed by atoms with Crippen LogP contribution >= 0.6 is 0 Å². The average molecular weight is 232 g/mol. The molecule has 1 atom stereocenters. The number of aliphatic carboxylic acids is 1. The molecule has 0 spiro atoms. The Kier molecular flexibility index (Phi) is 3.27. The molecule has 1 unspecified atom stereocenters. The molecule has 1 aromatic carbocycles. The molecule has 1 aliphatic carbocycles. The van der Waals surface area contributed by atoms with Gasteiger partial charge in [0.05, 0.1) is 6.42 Å². The number of rotatable bonds is 5. The molecule has 3 nitrogen and oxygen atoms in total. The SMILES string of the molecule is Cc1ccc(C=O)c(C(CC(=O)O)C2CC2)c1. The fourth-order valence-electron chi connectivity index (χ4n) is 2.34. The largest absolute Gasteiger partial charge is 0.481 e. The Morgan fingerprint density at radius 1 is 1.53 bits per heavy atom. The van der Waals surface area contributed by atoms with Gasteiger partial charge in [-0.1, -0.05) is 23.8 Å². The van der Waals surface area contributed by atoms with Crippen LogP contribution in [0.2, 0.25) is 0 Å². The first-order valence-corrected chi connectivity index (χ1v) is 5.89. The quantitative estimate of drug-likeness (QED) is 0.794. The van der Waals surface area contributed by atoms with Crippen LogP contribution in [-0.4, -0.2) is 17.4 Å². The fraction of sp³-hybridized carbons (Fsp3) is 0.429. The van der Waals surface area contributed by atoms with E-state index in [0.717, 1.165) is 30.3 Å². The van der Waals surface area contributed by atoms with Crippen molar-refractivity contribution in [2.24, 2.45) is 5.92 Å². The highest BCUT2D eigenvalue weighted by atomic mass is 16.4. The summed E-state index contributed by atoms with van der Waals surface area (Å²) in [5.41, 5.74) is 2.61. The van der Waals surface area contributed by atoms with Gasteiger partial charge >= 0.3 is 5.97 Å². The predicted molar refractivity (Wildman–Crippen MR) is 64.3 cm³/mol. The molecule has 1 aliphatic rings. The molecule has 0 amide bonds. The molecule has 3 heteroatoms. The number of carboxylic acid groups (broad SMARTS) is 1. The Balaban J connectivity index is 2.36. The van der Waals surface area contributed by atoms with Crippen molar-refractivity contribution in [3.8, 4) is 0 Å². The van der Waals surface area contributed by atoms with Crippen molar-refractivity contribution < 1.29 is 14.7 Å². The molecule has 17 heavy (non-hydrogen) atoms. The summed E-state index contributed by atoms with van der Waals surface area (Å²) < 4.78 is 0. The molecule has 90 valence electrons. The number of carbonyl (C=O) groups is 2. The van der Waals surface area contributed by atoms with Crippen LogP contribution in [0.25, 0.3) is 0 Å². The number of aldehydes is 1. The van der Waals surface area contributed by atoms with Crippen LogP contribution in [0.1, 0.15) is 46.7 Å². The lowest BCUT2D eigenvalue weighted by Crippen LogP contribution is -2.10. The summed E-state index contributed by atoms with van der Waals surface area (Å²) in [6, 6.07) is 5.63. The van der Waals surface area contributed by atoms with Gasteiger partial charge in [0.15, 0.2) is 0 Å². The third kappa shape index (κ3) is 2.73. The summed E-state index contributed by atoms with van der Waals surface area (Å²) >= 11 is 0. The third-order valence-corrected chi connectivity index (χ3v) is 3.35. The van der Waals surface area contributed by atoms with Gasteiger partial charge in [0.25, 0.3) is 0 Å². The molecule has 0 radical (unpaired) electrons. The van der Waals surface area contributed by atoms with Crippen molar-refractivity contribution in [2.45, 2.75) is 32.1 Å². The third-order valence-electron chi connectivity index (χ3n) is 3.35. The summed E-state index contributed by atoms with van der Waals surface area (Å²) in [6.45, 7) is 1.96. The molecular formula is C14H16O3. The molecule has 0 aliphatic heterocycles. The lowest BCUT2D eigenvalue weighted by atomic mass is 9.87. The van der Waals surface area contributed by atoms with Gasteiger partial charge in [-0.2, -0.15) is 0 Å². The van der Waals surface area contributed by atoms with Gasteiger partial charge in [0.1, 0.15) is 6.29 Å². The number of carbonyl (C=O) groups excluding carboxylic acids is 1. The molecule has 1 fully saturated rings. The number of hydrogen-bond acceptors (Lipinski definition) is 2. The Labute approximate surface area is 100 Å². The minimum Gasteiger partial charge on any atom is -0.481 e. The zero-order valence-corrected chi connectivity index (χ0v) is 9.85. The van der Waals surface area contributed by atoms with Gasteiger partial charge in [0.2, 0.25) is 0 Å². The van der Waals surface area contributed by atoms with E-state index in [1.807, 2.05) is 19.1 Å². The van der Waals surface area contributed by atoms with Crippen molar-refractivity contribution >= 4 is 12.3 Å². The van der Waals surface area contributed by atoms with Crippen LogP contribution in [-0.2, 0) is 4.79 Å². The molecule has 0 bridgehead atoms. The molecule has 2 rings (SSSR count). The summed E-state index contributed by atoms with van der Waals surface area (Å²) in [4.78, 5) is 21.9. The van der Waals surface area contributed by atoms with E-state index in [1.54, 1.807) is 6.07 Å². The standard InChI is InChI=1S/C14H16O3/c1-9-2-3-11(8-15)12(6-9)13(7-14(16)17)10-4-5-10/h2-3,6,8,10,13H,4-5,7H2,1H3,(H,16,17). The lowest BCUT2D eigenvalue weighted by molar-refractivity contribution is -0.137. The molecular weight excluding hydrogens is 216 g/mol. The van der Waals surface area contributed by atoms with E-state index in [2.05, 4.69) is 0 Å². The zero-order chi connectivity index (χ0) is 12.4. The van der Waals surface area contributed by atoms with Crippen LogP contribution in [0, 0.1) is 12.8 Å². The maximum absolute atomic E-state index is 11.0. The molecule has 0 aromatic heterocycles. The maximum Gasteiger partial charge on any atom is 0.303 e. The fourth-order valence-corrected chi connectivity index (χ4v) is 2.34. The van der Waals surface area contributed by atoms with E-state index < -0.39 is 5.97 Å². The topological polar surface area (TPSA) is 54.4 Å². The van der Waals surface area contributed by atoms with Crippen LogP contribution < -0.4 is 0 Å². The van der Waals surface area contributed by atoms with E-state index in [4.69, 9.17) is 5.11 Å². The van der Waals surface area contributed by atoms with E-state index in [9.17, 15) is 9.59 Å². The van der Waals surface area contributed by atoms with Gasteiger partial charge in [-0.25, -0.2) is 0 Å². The maximum atomic E-state index is 11.0. The Hall–Kier alpha value is -1.64. The highest BCUT2D eigenvalue weighted by Gasteiger charge is 2.34. The minimum atomic E-state index is -0.791. The smallest absolute Gasteiger partial charge is 0.303 e. The first-order chi connectivity index (χ1) is 8.11. The zero-order valence-electron chi connectivity index (χ0n) is 9.85. The first-order valence-electron chi connectivity index (χ1n) is 5.89. The number of carboxylic acids is 1. The van der Waals surface area contributed by atoms with Gasteiger partial charge < -0.3 is 5.11 Å². The van der Waals surface area contributed by atoms with E-state index in [-0.39, 0.29) is 12.3 Å². The van der Waals surface area contributed by atoms with Gasteiger partial charge in [0, 0.05) is 5.56 Å². The monoisotopic (exact) mass is 232 g/mol. The van der Waals surface area contributed by atoms with Crippen LogP contribution in [0.3, 0.4) is 0 Å². The van der Waals surface area contributed by atoms with Crippen molar-refractivity contribution in [3.05, 3.63) is 34.9 Å². The van der Waals surface area contributed by atoms with Crippen LogP contribution in [0.15, 0.2) is 18.2 Å². The summed E-state index contributed by atoms with van der Waals surface area (Å²) in [6.07, 6.45) is 3.09. The molecule has 0 saturated heterocycles. The predicted octanol–water partition coefficient (Wildman–Crippen LogP) is 2.78. The summed E-state index contributed by atoms with van der Waals surface area (Å²) in [5, 5.41) is 8.97. The second-order valence-corrected chi connectivity index (χ2v) is 4.79. The molecule has 0 heterocycles. The van der Waals surface area contributed by atoms with E-state index in [1.165, 1.54) is 0 Å².